The van der Waals surface area contributed by atoms with Crippen molar-refractivity contribution in [3.05, 3.63) is 53.9 Å². The number of nitrogens with zero attached hydrogens (tertiary/aromatic N) is 1. The van der Waals surface area contributed by atoms with Crippen molar-refractivity contribution >= 4 is 22.9 Å². The molecule has 6 heteroatoms. The number of ketones is 1. The molecule has 5 nitrogen and oxygen atoms in total. The third-order valence-electron chi connectivity index (χ3n) is 4.43. The van der Waals surface area contributed by atoms with Gasteiger partial charge in [0.25, 0.3) is 0 Å². The lowest BCUT2D eigenvalue weighted by Gasteiger charge is -2.25. The Labute approximate surface area is 143 Å². The summed E-state index contributed by atoms with van der Waals surface area (Å²) in [6.07, 6.45) is 3.80. The largest absolute Gasteiger partial charge is 0.612 e. The summed E-state index contributed by atoms with van der Waals surface area (Å²) >= 11 is -1.20. The van der Waals surface area contributed by atoms with Crippen LogP contribution < -0.4 is 0 Å². The first kappa shape index (κ1) is 16.8. The molecule has 1 aromatic carbocycles. The topological polar surface area (TPSA) is 71.4 Å². The van der Waals surface area contributed by atoms with Crippen molar-refractivity contribution in [1.82, 2.24) is 4.57 Å². The van der Waals surface area contributed by atoms with Crippen LogP contribution in [0.1, 0.15) is 29.4 Å². The van der Waals surface area contributed by atoms with E-state index in [9.17, 15) is 14.1 Å². The molecule has 24 heavy (non-hydrogen) atoms. The third kappa shape index (κ3) is 2.56. The standard InChI is InChI=1S/C18H19NO4S/c1-3-23-17(21)18(9-11-19-10-5-8-15(18)19)16(20)13-6-4-7-14(12-13)24(2)22/h4-8,10,12H,3,9,11H2,1-2H3. The molecular formula is C18H19NO4S. The lowest BCUT2D eigenvalue weighted by molar-refractivity contribution is -0.148. The number of hydrogen-bond acceptors (Lipinski definition) is 4. The maximum absolute atomic E-state index is 13.3. The van der Waals surface area contributed by atoms with Gasteiger partial charge in [-0.25, -0.2) is 0 Å². The van der Waals surface area contributed by atoms with Gasteiger partial charge in [-0.1, -0.05) is 12.1 Å². The Bertz CT molecular complexity index is 783. The van der Waals surface area contributed by atoms with E-state index in [-0.39, 0.29) is 12.4 Å². The Morgan fingerprint density at radius 3 is 2.83 bits per heavy atom. The summed E-state index contributed by atoms with van der Waals surface area (Å²) in [7, 11) is 0. The second-order valence-corrected chi connectivity index (χ2v) is 7.15. The molecule has 1 aliphatic heterocycles. The number of fused-ring (bicyclic) bond motifs is 1. The van der Waals surface area contributed by atoms with E-state index < -0.39 is 22.6 Å². The molecule has 0 saturated carbocycles. The minimum Gasteiger partial charge on any atom is -0.612 e. The van der Waals surface area contributed by atoms with Crippen LogP contribution in [-0.2, 0) is 32.7 Å². The minimum atomic E-state index is -1.33. The highest BCUT2D eigenvalue weighted by atomic mass is 32.2. The van der Waals surface area contributed by atoms with Crippen LogP contribution >= 0.6 is 0 Å². The van der Waals surface area contributed by atoms with Gasteiger partial charge in [-0.05, 0) is 42.7 Å². The lowest BCUT2D eigenvalue weighted by atomic mass is 9.76. The normalized spacial score (nSPS) is 20.5. The van der Waals surface area contributed by atoms with Crippen molar-refractivity contribution < 1.29 is 18.9 Å². The molecule has 0 radical (unpaired) electrons. The second-order valence-electron chi connectivity index (χ2n) is 5.77. The zero-order valence-electron chi connectivity index (χ0n) is 13.7. The number of carbonyl (C=O) groups excluding carboxylic acids is 2. The summed E-state index contributed by atoms with van der Waals surface area (Å²) in [4.78, 5) is 26.6. The van der Waals surface area contributed by atoms with Crippen molar-refractivity contribution in [1.29, 1.82) is 0 Å². The molecule has 0 fully saturated rings. The summed E-state index contributed by atoms with van der Waals surface area (Å²) in [6.45, 7) is 2.53. The predicted molar refractivity (Wildman–Crippen MR) is 90.5 cm³/mol. The molecule has 2 heterocycles. The van der Waals surface area contributed by atoms with Crippen LogP contribution in [0, 0.1) is 0 Å². The number of ether oxygens (including phenoxy) is 1. The van der Waals surface area contributed by atoms with Gasteiger partial charge in [0, 0.05) is 30.1 Å². The van der Waals surface area contributed by atoms with Crippen LogP contribution in [0.25, 0.3) is 0 Å². The van der Waals surface area contributed by atoms with Crippen molar-refractivity contribution in [2.45, 2.75) is 30.2 Å². The summed E-state index contributed by atoms with van der Waals surface area (Å²) in [5.74, 6) is -0.818. The van der Waals surface area contributed by atoms with E-state index >= 15 is 0 Å². The minimum absolute atomic E-state index is 0.216. The molecule has 0 saturated heterocycles. The number of benzene rings is 1. The third-order valence-corrected chi connectivity index (χ3v) is 5.35. The quantitative estimate of drug-likeness (QED) is 0.361. The van der Waals surface area contributed by atoms with Gasteiger partial charge >= 0.3 is 5.97 Å². The van der Waals surface area contributed by atoms with Crippen molar-refractivity contribution in [3.8, 4) is 0 Å². The van der Waals surface area contributed by atoms with E-state index in [1.165, 1.54) is 0 Å². The fourth-order valence-electron chi connectivity index (χ4n) is 3.26. The maximum Gasteiger partial charge on any atom is 0.326 e. The van der Waals surface area contributed by atoms with E-state index in [0.29, 0.717) is 29.1 Å². The molecule has 0 amide bonds. The summed E-state index contributed by atoms with van der Waals surface area (Å²) < 4.78 is 18.9. The first-order valence-electron chi connectivity index (χ1n) is 7.82. The average molecular weight is 345 g/mol. The van der Waals surface area contributed by atoms with Gasteiger partial charge in [0.15, 0.2) is 16.1 Å². The highest BCUT2D eigenvalue weighted by Gasteiger charge is 2.53. The molecule has 2 unspecified atom stereocenters. The molecule has 0 spiro atoms. The molecule has 1 aliphatic rings. The Kier molecular flexibility index (Phi) is 4.51. The Balaban J connectivity index is 2.09. The van der Waals surface area contributed by atoms with Crippen LogP contribution in [0.5, 0.6) is 0 Å². The average Bonchev–Trinajstić information content (AvgIpc) is 3.17. The Morgan fingerprint density at radius 2 is 2.12 bits per heavy atom. The van der Waals surface area contributed by atoms with Gasteiger partial charge in [0.1, 0.15) is 6.26 Å². The fourth-order valence-corrected chi connectivity index (χ4v) is 3.82. The monoisotopic (exact) mass is 345 g/mol. The molecule has 0 bridgehead atoms. The molecular weight excluding hydrogens is 326 g/mol. The van der Waals surface area contributed by atoms with Gasteiger partial charge in [-0.3, -0.25) is 9.59 Å². The molecule has 0 aliphatic carbocycles. The summed E-state index contributed by atoms with van der Waals surface area (Å²) in [6, 6.07) is 10.3. The smallest absolute Gasteiger partial charge is 0.326 e. The summed E-state index contributed by atoms with van der Waals surface area (Å²) in [5.41, 5.74) is -0.285. The van der Waals surface area contributed by atoms with E-state index in [1.54, 1.807) is 43.5 Å². The van der Waals surface area contributed by atoms with Crippen molar-refractivity contribution in [3.63, 3.8) is 0 Å². The van der Waals surface area contributed by atoms with Crippen LogP contribution in [0.15, 0.2) is 47.5 Å². The van der Waals surface area contributed by atoms with Crippen molar-refractivity contribution in [2.24, 2.45) is 0 Å². The summed E-state index contributed by atoms with van der Waals surface area (Å²) in [5, 5.41) is 0. The highest BCUT2D eigenvalue weighted by Crippen LogP contribution is 2.39. The Hall–Kier alpha value is -2.05. The number of aromatic nitrogens is 1. The predicted octanol–water partition coefficient (Wildman–Crippen LogP) is 2.31. The van der Waals surface area contributed by atoms with Crippen LogP contribution in [0.4, 0.5) is 0 Å². The van der Waals surface area contributed by atoms with E-state index in [2.05, 4.69) is 0 Å². The molecule has 126 valence electrons. The van der Waals surface area contributed by atoms with Gasteiger partial charge in [0.05, 0.1) is 6.61 Å². The molecule has 2 aromatic rings. The number of carbonyl (C=O) groups is 2. The van der Waals surface area contributed by atoms with Gasteiger partial charge in [-0.15, -0.1) is 0 Å². The zero-order valence-corrected chi connectivity index (χ0v) is 14.5. The van der Waals surface area contributed by atoms with E-state index in [4.69, 9.17) is 4.74 Å². The van der Waals surface area contributed by atoms with Crippen LogP contribution in [-0.4, -0.2) is 33.7 Å². The zero-order chi connectivity index (χ0) is 17.3. The van der Waals surface area contributed by atoms with E-state index in [1.807, 2.05) is 16.8 Å². The SMILES string of the molecule is CCOC(=O)C1(C(=O)c2cccc([S+](C)[O-])c2)CCn2cccc21. The van der Waals surface area contributed by atoms with Crippen LogP contribution in [0.3, 0.4) is 0 Å². The van der Waals surface area contributed by atoms with E-state index in [0.717, 1.165) is 0 Å². The number of hydrogen-bond donors (Lipinski definition) is 0. The van der Waals surface area contributed by atoms with Gasteiger partial charge < -0.3 is 13.9 Å². The second kappa shape index (κ2) is 6.45. The number of Topliss-reactive ketones (excluding diaryl/α,β-unsaturated/α-hetero) is 1. The first-order valence-corrected chi connectivity index (χ1v) is 9.37. The maximum atomic E-state index is 13.3. The van der Waals surface area contributed by atoms with Crippen molar-refractivity contribution in [2.75, 3.05) is 12.9 Å². The van der Waals surface area contributed by atoms with Crippen LogP contribution in [0.2, 0.25) is 0 Å². The number of rotatable bonds is 5. The molecule has 2 atom stereocenters. The molecule has 0 N–H and O–H groups in total. The fraction of sp³-hybridized carbons (Fsp3) is 0.333. The number of aryl methyl sites for hydroxylation is 1. The highest BCUT2D eigenvalue weighted by molar-refractivity contribution is 7.90. The molecule has 1 aromatic heterocycles. The first-order chi connectivity index (χ1) is 11.5. The van der Waals surface area contributed by atoms with Gasteiger partial charge in [-0.2, -0.15) is 0 Å². The Morgan fingerprint density at radius 1 is 1.33 bits per heavy atom. The molecule has 3 rings (SSSR count). The number of esters is 1. The lowest BCUT2D eigenvalue weighted by Crippen LogP contribution is -2.43. The van der Waals surface area contributed by atoms with Gasteiger partial charge in [0.2, 0.25) is 0 Å².